The molecule has 0 nitrogen and oxygen atoms in total. The average molecular weight is 960 g/mol. The molecule has 0 aliphatic heterocycles. The Bertz CT molecular complexity index is 4690. The van der Waals surface area contributed by atoms with Gasteiger partial charge in [-0.05, 0) is 150 Å². The SMILES string of the molecule is Bc1c(B)c2c(B)c(B)c3c(B)c(B)c(-c4cc(-c5ccc6c(c5)C(C)(C)c5ccccc5-6)c(-c5ccccc5)c(-c5c(B)c(B)c6c(B)c(B)c7c(B)c(B)c(B)c8c(B)c(B)c5c6c78)c4)c4c(B)c(B)c(c1B)c2c34. The number of rotatable bonds is 4. The lowest BCUT2D eigenvalue weighted by molar-refractivity contribution is 0.660. The number of hydrogen-bond acceptors (Lipinski definition) is 0. The molecule has 0 atom stereocenters. The molecule has 0 spiro atoms. The van der Waals surface area contributed by atoms with Crippen molar-refractivity contribution in [3.8, 4) is 55.6 Å². The maximum Gasteiger partial charge on any atom is 0.139 e. The lowest BCUT2D eigenvalue weighted by atomic mass is 9.57. The van der Waals surface area contributed by atoms with E-state index in [0.29, 0.717) is 0 Å². The summed E-state index contributed by atoms with van der Waals surface area (Å²) < 4.78 is 0. The lowest BCUT2D eigenvalue weighted by Gasteiger charge is -2.31. The van der Waals surface area contributed by atoms with Gasteiger partial charge in [0.05, 0.1) is 0 Å². The van der Waals surface area contributed by atoms with E-state index in [1.807, 2.05) is 0 Å². The summed E-state index contributed by atoms with van der Waals surface area (Å²) in [5.74, 6) is 0. The second-order valence-electron chi connectivity index (χ2n) is 24.7. The second-order valence-corrected chi connectivity index (χ2v) is 24.7. The fourth-order valence-electron chi connectivity index (χ4n) is 16.1. The molecule has 0 aromatic heterocycles. The zero-order valence-corrected chi connectivity index (χ0v) is 49.6. The molecule has 0 fully saturated rings. The van der Waals surface area contributed by atoms with E-state index in [2.05, 4.69) is 240 Å². The Morgan fingerprint density at radius 1 is 0.221 bits per heavy atom. The Morgan fingerprint density at radius 2 is 0.571 bits per heavy atom. The van der Waals surface area contributed by atoms with Crippen LogP contribution < -0.4 is 98.3 Å². The van der Waals surface area contributed by atoms with E-state index in [4.69, 9.17) is 0 Å². The Balaban J connectivity index is 1.29. The molecule has 12 aromatic carbocycles. The van der Waals surface area contributed by atoms with Gasteiger partial charge in [0.25, 0.3) is 0 Å². The minimum atomic E-state index is -0.159. The van der Waals surface area contributed by atoms with E-state index in [9.17, 15) is 0 Å². The van der Waals surface area contributed by atoms with Gasteiger partial charge in [0, 0.05) is 5.41 Å². The molecule has 0 amide bonds. The van der Waals surface area contributed by atoms with Gasteiger partial charge in [-0.25, -0.2) is 0 Å². The van der Waals surface area contributed by atoms with Gasteiger partial charge in [0.1, 0.15) is 141 Å². The minimum absolute atomic E-state index is 0.159. The zero-order valence-electron chi connectivity index (χ0n) is 49.6. The van der Waals surface area contributed by atoms with Gasteiger partial charge in [-0.2, -0.15) is 0 Å². The standard InChI is InChI=1S/C59H56B18/c1-59(2)24-11-7-6-10-20(24)21-13-12-18(16-25(21)59)22-14-19(27-33-29-31-37(47(66)43(33)62)53(72)57(76)55(74)39(31)51(70)49(68)35(29)45(64)41(27)60)15-23(26(22)17-8-4-3-5-9-17)28-34-30-32-38(48(67)44(34)63)54(73)58(77)56(75)40(32)52(71)50(69)36(30)46(65)42(28)61/h3-16H,60-77H2,1-2H3. The highest BCUT2D eigenvalue weighted by atomic mass is 14.4. The molecule has 1 aliphatic rings. The third-order valence-corrected chi connectivity index (χ3v) is 21.3. The molecule has 13 rings (SSSR count). The van der Waals surface area contributed by atoms with Crippen LogP contribution >= 0.6 is 0 Å². The normalized spacial score (nSPS) is 13.1. The fourth-order valence-corrected chi connectivity index (χ4v) is 16.1. The Morgan fingerprint density at radius 3 is 1.05 bits per heavy atom. The first kappa shape index (κ1) is 50.4. The third kappa shape index (κ3) is 6.31. The van der Waals surface area contributed by atoms with Crippen molar-refractivity contribution in [1.29, 1.82) is 0 Å². The molecular formula is C59H56B18. The zero-order chi connectivity index (χ0) is 54.6. The number of benzene rings is 12. The number of fused-ring (bicyclic) bond motifs is 3. The summed E-state index contributed by atoms with van der Waals surface area (Å²) in [6, 6.07) is 33.2. The first-order valence-electron chi connectivity index (χ1n) is 28.4. The van der Waals surface area contributed by atoms with Gasteiger partial charge < -0.3 is 0 Å². The van der Waals surface area contributed by atoms with Gasteiger partial charge in [0.2, 0.25) is 0 Å². The Labute approximate surface area is 472 Å². The van der Waals surface area contributed by atoms with Crippen molar-refractivity contribution in [2.75, 3.05) is 0 Å². The molecule has 0 unspecified atom stereocenters. The van der Waals surface area contributed by atoms with Gasteiger partial charge in [-0.15, -0.1) is 10.9 Å². The van der Waals surface area contributed by atoms with Crippen molar-refractivity contribution in [2.24, 2.45) is 0 Å². The van der Waals surface area contributed by atoms with Crippen LogP contribution in [-0.2, 0) is 5.41 Å². The van der Waals surface area contributed by atoms with Gasteiger partial charge in [-0.1, -0.05) is 168 Å². The quantitative estimate of drug-likeness (QED) is 0.122. The van der Waals surface area contributed by atoms with Gasteiger partial charge >= 0.3 is 0 Å². The third-order valence-electron chi connectivity index (χ3n) is 21.3. The van der Waals surface area contributed by atoms with E-state index in [-0.39, 0.29) is 5.41 Å². The maximum atomic E-state index is 2.66. The van der Waals surface area contributed by atoms with Crippen LogP contribution in [0.15, 0.2) is 84.9 Å². The average Bonchev–Trinajstić information content (AvgIpc) is 3.55. The molecule has 18 heteroatoms. The van der Waals surface area contributed by atoms with Crippen molar-refractivity contribution in [3.63, 3.8) is 0 Å². The van der Waals surface area contributed by atoms with Crippen molar-refractivity contribution in [2.45, 2.75) is 19.3 Å². The van der Waals surface area contributed by atoms with E-state index >= 15 is 0 Å². The highest BCUT2D eigenvalue weighted by Gasteiger charge is 2.36. The van der Waals surface area contributed by atoms with E-state index in [1.54, 1.807) is 0 Å². The molecule has 0 saturated carbocycles. The highest BCUT2D eigenvalue weighted by molar-refractivity contribution is 6.77. The lowest BCUT2D eigenvalue weighted by Crippen LogP contribution is -2.48. The van der Waals surface area contributed by atoms with Crippen molar-refractivity contribution < 1.29 is 0 Å². The van der Waals surface area contributed by atoms with Crippen LogP contribution in [0.1, 0.15) is 25.0 Å². The van der Waals surface area contributed by atoms with Crippen LogP contribution in [0.3, 0.4) is 0 Å². The van der Waals surface area contributed by atoms with Crippen molar-refractivity contribution >= 4 is 304 Å². The summed E-state index contributed by atoms with van der Waals surface area (Å²) in [6.07, 6.45) is 0. The van der Waals surface area contributed by atoms with E-state index < -0.39 is 0 Å². The summed E-state index contributed by atoms with van der Waals surface area (Å²) in [5.41, 5.74) is 40.9. The summed E-state index contributed by atoms with van der Waals surface area (Å²) in [5, 5.41) is 17.2. The largest absolute Gasteiger partial charge is 0.139 e. The van der Waals surface area contributed by atoms with Crippen molar-refractivity contribution in [3.05, 3.63) is 96.1 Å². The monoisotopic (exact) mass is 963 g/mol. The molecule has 0 bridgehead atoms. The first-order chi connectivity index (χ1) is 36.5. The van der Waals surface area contributed by atoms with Crippen LogP contribution in [0.5, 0.6) is 0 Å². The molecule has 0 heterocycles. The smallest absolute Gasteiger partial charge is 0.100 e. The molecule has 346 valence electrons. The van der Waals surface area contributed by atoms with Gasteiger partial charge in [-0.3, -0.25) is 0 Å². The molecule has 1 aliphatic carbocycles. The predicted octanol–water partition coefficient (Wildman–Crippen LogP) is -14.9. The Kier molecular flexibility index (Phi) is 11.1. The van der Waals surface area contributed by atoms with Gasteiger partial charge in [0.15, 0.2) is 0 Å². The second kappa shape index (κ2) is 16.9. The Hall–Kier alpha value is -6.11. The van der Waals surface area contributed by atoms with Crippen LogP contribution in [0.2, 0.25) is 0 Å². The fraction of sp³-hybridized carbons (Fsp3) is 0.0508. The van der Waals surface area contributed by atoms with Crippen LogP contribution in [-0.4, -0.2) is 141 Å². The molecule has 77 heavy (non-hydrogen) atoms. The molecular weight excluding hydrogens is 903 g/mol. The summed E-state index contributed by atoms with van der Waals surface area (Å²) in [7, 11) is 43.1. The van der Waals surface area contributed by atoms with Crippen LogP contribution in [0, 0.1) is 0 Å². The summed E-state index contributed by atoms with van der Waals surface area (Å²) >= 11 is 0. The van der Waals surface area contributed by atoms with Crippen LogP contribution in [0.25, 0.3) is 120 Å². The molecule has 0 radical (unpaired) electrons. The molecule has 0 saturated heterocycles. The van der Waals surface area contributed by atoms with Crippen molar-refractivity contribution in [1.82, 2.24) is 0 Å². The summed E-state index contributed by atoms with van der Waals surface area (Å²) in [4.78, 5) is 0. The van der Waals surface area contributed by atoms with Crippen LogP contribution in [0.4, 0.5) is 0 Å². The molecule has 12 aromatic rings. The topological polar surface area (TPSA) is 0 Å². The first-order valence-corrected chi connectivity index (χ1v) is 28.4. The van der Waals surface area contributed by atoms with E-state index in [1.165, 1.54) is 230 Å². The number of hydrogen-bond donors (Lipinski definition) is 0. The summed E-state index contributed by atoms with van der Waals surface area (Å²) in [6.45, 7) is 4.85. The highest BCUT2D eigenvalue weighted by Crippen LogP contribution is 2.52. The minimum Gasteiger partial charge on any atom is -0.100 e. The van der Waals surface area contributed by atoms with E-state index in [0.717, 1.165) is 0 Å². The maximum absolute atomic E-state index is 2.66. The molecule has 0 N–H and O–H groups in total. The predicted molar refractivity (Wildman–Crippen MR) is 400 cm³/mol.